The van der Waals surface area contributed by atoms with Gasteiger partial charge < -0.3 is 4.90 Å². The largest absolute Gasteiger partial charge is 0.312 e. The fourth-order valence-electron chi connectivity index (χ4n) is 0. The maximum atomic E-state index is 2.00. The molecule has 0 spiro atoms. The molecule has 0 rings (SSSR count). The van der Waals surface area contributed by atoms with E-state index in [1.165, 1.54) is 0 Å². The summed E-state index contributed by atoms with van der Waals surface area (Å²) in [6.45, 7) is 0. The van der Waals surface area contributed by atoms with Gasteiger partial charge in [-0.05, 0) is 21.1 Å². The summed E-state index contributed by atoms with van der Waals surface area (Å²) in [7, 11) is 6.00. The number of hydrogen-bond donors (Lipinski definition) is 0. The van der Waals surface area contributed by atoms with Crippen molar-refractivity contribution in [2.75, 3.05) is 21.1 Å². The molecule has 0 aromatic rings. The van der Waals surface area contributed by atoms with Crippen LogP contribution in [0.4, 0.5) is 0 Å². The van der Waals surface area contributed by atoms with Crippen LogP contribution in [-0.4, -0.2) is 55.6 Å². The summed E-state index contributed by atoms with van der Waals surface area (Å²) in [6, 6.07) is 0. The maximum Gasteiger partial charge on any atom is 0 e. The van der Waals surface area contributed by atoms with Gasteiger partial charge in [0.25, 0.3) is 0 Å². The van der Waals surface area contributed by atoms with Gasteiger partial charge in [0.15, 0.2) is 0 Å². The SMILES string of the molecule is CN(C)C.[Na]. The van der Waals surface area contributed by atoms with Crippen LogP contribution in [0.1, 0.15) is 0 Å². The number of nitrogens with zero attached hydrogens (tertiary/aromatic N) is 1. The molecule has 0 unspecified atom stereocenters. The van der Waals surface area contributed by atoms with Crippen LogP contribution in [0.3, 0.4) is 0 Å². The van der Waals surface area contributed by atoms with Gasteiger partial charge >= 0.3 is 0 Å². The minimum atomic E-state index is 0. The fourth-order valence-corrected chi connectivity index (χ4v) is 0. The van der Waals surface area contributed by atoms with Crippen LogP contribution in [0.25, 0.3) is 0 Å². The molecule has 0 aromatic carbocycles. The number of hydrogen-bond acceptors (Lipinski definition) is 1. The van der Waals surface area contributed by atoms with Gasteiger partial charge in [0, 0.05) is 29.6 Å². The molecule has 0 heterocycles. The first-order valence-corrected chi connectivity index (χ1v) is 1.34. The maximum absolute atomic E-state index is 2.00. The van der Waals surface area contributed by atoms with Crippen molar-refractivity contribution >= 4 is 29.6 Å². The Morgan fingerprint density at radius 3 is 1.00 bits per heavy atom. The van der Waals surface area contributed by atoms with E-state index in [1.54, 1.807) is 0 Å². The zero-order valence-corrected chi connectivity index (χ0v) is 6.45. The van der Waals surface area contributed by atoms with Crippen LogP contribution < -0.4 is 0 Å². The first kappa shape index (κ1) is 9.35. The molecule has 27 valence electrons. The molecule has 0 aliphatic carbocycles. The molecule has 1 radical (unpaired) electrons. The first-order chi connectivity index (χ1) is 1.73. The van der Waals surface area contributed by atoms with E-state index in [9.17, 15) is 0 Å². The molecule has 0 N–H and O–H groups in total. The van der Waals surface area contributed by atoms with E-state index in [-0.39, 0.29) is 29.6 Å². The Labute approximate surface area is 55.6 Å². The standard InChI is InChI=1S/C3H9N.Na/c1-4(2)3;/h1-3H3;. The smallest absolute Gasteiger partial charge is 0 e. The second-order valence-electron chi connectivity index (χ2n) is 1.34. The predicted octanol–water partition coefficient (Wildman–Crippen LogP) is -0.203. The topological polar surface area (TPSA) is 3.24 Å². The average molecular weight is 82.1 g/mol. The van der Waals surface area contributed by atoms with E-state index in [4.69, 9.17) is 0 Å². The van der Waals surface area contributed by atoms with Crippen LogP contribution in [0.15, 0.2) is 0 Å². The third-order valence-corrected chi connectivity index (χ3v) is 0. The Kier molecular flexibility index (Phi) is 9.28. The van der Waals surface area contributed by atoms with E-state index in [1.807, 2.05) is 26.0 Å². The van der Waals surface area contributed by atoms with Gasteiger partial charge in [-0.3, -0.25) is 0 Å². The van der Waals surface area contributed by atoms with E-state index >= 15 is 0 Å². The molecule has 0 saturated heterocycles. The van der Waals surface area contributed by atoms with Crippen molar-refractivity contribution in [2.45, 2.75) is 0 Å². The van der Waals surface area contributed by atoms with E-state index in [0.717, 1.165) is 0 Å². The summed E-state index contributed by atoms with van der Waals surface area (Å²) in [6.07, 6.45) is 0. The summed E-state index contributed by atoms with van der Waals surface area (Å²) in [5.41, 5.74) is 0. The van der Waals surface area contributed by atoms with Crippen LogP contribution in [-0.2, 0) is 0 Å². The monoisotopic (exact) mass is 82.1 g/mol. The van der Waals surface area contributed by atoms with Gasteiger partial charge in [0.1, 0.15) is 0 Å². The molecular weight excluding hydrogens is 73.0 g/mol. The summed E-state index contributed by atoms with van der Waals surface area (Å²) in [4.78, 5) is 2.00. The summed E-state index contributed by atoms with van der Waals surface area (Å²) < 4.78 is 0. The zero-order chi connectivity index (χ0) is 3.58. The van der Waals surface area contributed by atoms with Gasteiger partial charge in [-0.1, -0.05) is 0 Å². The third kappa shape index (κ3) is 47.2. The van der Waals surface area contributed by atoms with Crippen molar-refractivity contribution in [3.05, 3.63) is 0 Å². The second-order valence-corrected chi connectivity index (χ2v) is 1.34. The molecule has 0 bridgehead atoms. The van der Waals surface area contributed by atoms with Gasteiger partial charge in [-0.25, -0.2) is 0 Å². The van der Waals surface area contributed by atoms with E-state index < -0.39 is 0 Å². The molecule has 0 fully saturated rings. The van der Waals surface area contributed by atoms with Crippen LogP contribution in [0.2, 0.25) is 0 Å². The molecule has 2 heteroatoms. The van der Waals surface area contributed by atoms with Crippen molar-refractivity contribution in [3.63, 3.8) is 0 Å². The van der Waals surface area contributed by atoms with Crippen LogP contribution >= 0.6 is 0 Å². The zero-order valence-electron chi connectivity index (χ0n) is 4.45. The Morgan fingerprint density at radius 1 is 1.00 bits per heavy atom. The molecule has 0 aromatic heterocycles. The molecular formula is C3H9NNa. The molecule has 0 aliphatic rings. The van der Waals surface area contributed by atoms with Gasteiger partial charge in [-0.15, -0.1) is 0 Å². The minimum Gasteiger partial charge on any atom is -0.312 e. The first-order valence-electron chi connectivity index (χ1n) is 1.34. The fraction of sp³-hybridized carbons (Fsp3) is 1.00. The Morgan fingerprint density at radius 2 is 1.00 bits per heavy atom. The second kappa shape index (κ2) is 4.96. The predicted molar refractivity (Wildman–Crippen MR) is 25.4 cm³/mol. The summed E-state index contributed by atoms with van der Waals surface area (Å²) in [5.74, 6) is 0. The Hall–Kier alpha value is 0.960. The van der Waals surface area contributed by atoms with Gasteiger partial charge in [0.05, 0.1) is 0 Å². The third-order valence-electron chi connectivity index (χ3n) is 0. The average Bonchev–Trinajstić information content (AvgIpc) is 0.811. The molecule has 5 heavy (non-hydrogen) atoms. The van der Waals surface area contributed by atoms with E-state index in [2.05, 4.69) is 0 Å². The van der Waals surface area contributed by atoms with Crippen molar-refractivity contribution in [1.29, 1.82) is 0 Å². The molecule has 0 atom stereocenters. The Balaban J connectivity index is 0. The minimum absolute atomic E-state index is 0. The van der Waals surface area contributed by atoms with Crippen molar-refractivity contribution < 1.29 is 0 Å². The van der Waals surface area contributed by atoms with Crippen molar-refractivity contribution in [3.8, 4) is 0 Å². The van der Waals surface area contributed by atoms with Crippen molar-refractivity contribution in [1.82, 2.24) is 4.90 Å². The van der Waals surface area contributed by atoms with Crippen molar-refractivity contribution in [2.24, 2.45) is 0 Å². The summed E-state index contributed by atoms with van der Waals surface area (Å²) >= 11 is 0. The molecule has 0 saturated carbocycles. The molecule has 1 nitrogen and oxygen atoms in total. The molecule has 0 aliphatic heterocycles. The van der Waals surface area contributed by atoms with E-state index in [0.29, 0.717) is 0 Å². The van der Waals surface area contributed by atoms with Crippen LogP contribution in [0, 0.1) is 0 Å². The number of rotatable bonds is 0. The van der Waals surface area contributed by atoms with Gasteiger partial charge in [-0.2, -0.15) is 0 Å². The molecule has 0 amide bonds. The quantitative estimate of drug-likeness (QED) is 0.366. The van der Waals surface area contributed by atoms with Crippen LogP contribution in [0.5, 0.6) is 0 Å². The summed E-state index contributed by atoms with van der Waals surface area (Å²) in [5, 5.41) is 0. The van der Waals surface area contributed by atoms with Gasteiger partial charge in [0.2, 0.25) is 0 Å². The normalized spacial score (nSPS) is 7.20. The Bertz CT molecular complexity index is 11.6.